The fourth-order valence-corrected chi connectivity index (χ4v) is 5.27. The molecule has 7 nitrogen and oxygen atoms in total. The Bertz CT molecular complexity index is 976. The van der Waals surface area contributed by atoms with Crippen LogP contribution in [0.15, 0.2) is 6.07 Å². The molecule has 1 saturated heterocycles. The molecule has 1 saturated carbocycles. The van der Waals surface area contributed by atoms with E-state index >= 15 is 0 Å². The van der Waals surface area contributed by atoms with Crippen LogP contribution in [0.25, 0.3) is 0 Å². The summed E-state index contributed by atoms with van der Waals surface area (Å²) in [5.41, 5.74) is -0.00611. The summed E-state index contributed by atoms with van der Waals surface area (Å²) in [6, 6.07) is 0.760. The highest BCUT2D eigenvalue weighted by Gasteiger charge is 2.41. The van der Waals surface area contributed by atoms with Crippen molar-refractivity contribution in [2.75, 3.05) is 31.2 Å². The smallest absolute Gasteiger partial charge is 0.348 e. The van der Waals surface area contributed by atoms with Gasteiger partial charge in [0.05, 0.1) is 23.8 Å². The van der Waals surface area contributed by atoms with Gasteiger partial charge in [0.1, 0.15) is 10.9 Å². The van der Waals surface area contributed by atoms with Crippen molar-refractivity contribution in [1.29, 1.82) is 0 Å². The number of carbonyl (C=O) groups excluding carboxylic acids is 2. The molecule has 2 fully saturated rings. The lowest BCUT2D eigenvalue weighted by Gasteiger charge is -2.36. The minimum absolute atomic E-state index is 0.0239. The van der Waals surface area contributed by atoms with Crippen LogP contribution in [-0.2, 0) is 14.3 Å². The van der Waals surface area contributed by atoms with Gasteiger partial charge in [0.2, 0.25) is 11.8 Å². The molecule has 0 bridgehead atoms. The number of anilines is 1. The van der Waals surface area contributed by atoms with Crippen LogP contribution in [0.1, 0.15) is 74.9 Å². The van der Waals surface area contributed by atoms with Crippen molar-refractivity contribution in [3.05, 3.63) is 15.8 Å². The summed E-state index contributed by atoms with van der Waals surface area (Å²) in [7, 11) is 0. The predicted molar refractivity (Wildman–Crippen MR) is 133 cm³/mol. The van der Waals surface area contributed by atoms with Gasteiger partial charge < -0.3 is 14.7 Å². The Kier molecular flexibility index (Phi) is 8.43. The number of carbonyl (C=O) groups is 3. The van der Waals surface area contributed by atoms with E-state index in [4.69, 9.17) is 4.74 Å². The summed E-state index contributed by atoms with van der Waals surface area (Å²) in [6.45, 7) is 11.4. The number of rotatable bonds is 5. The molecule has 186 valence electrons. The highest BCUT2D eigenvalue weighted by molar-refractivity contribution is 7.15. The van der Waals surface area contributed by atoms with Gasteiger partial charge in [-0.2, -0.15) is 0 Å². The van der Waals surface area contributed by atoms with Crippen LogP contribution >= 0.6 is 11.3 Å². The van der Waals surface area contributed by atoms with Gasteiger partial charge in [0.15, 0.2) is 0 Å². The van der Waals surface area contributed by atoms with Crippen molar-refractivity contribution in [3.63, 3.8) is 0 Å². The Labute approximate surface area is 206 Å². The lowest BCUT2D eigenvalue weighted by Crippen LogP contribution is -2.54. The van der Waals surface area contributed by atoms with Crippen LogP contribution in [0.5, 0.6) is 0 Å². The average Bonchev–Trinajstić information content (AvgIpc) is 3.11. The van der Waals surface area contributed by atoms with Crippen molar-refractivity contribution >= 4 is 34.8 Å². The number of ether oxygens (including phenoxy) is 1. The molecule has 1 aliphatic heterocycles. The van der Waals surface area contributed by atoms with Crippen LogP contribution < -0.4 is 4.90 Å². The number of thiophene rings is 1. The molecule has 8 heteroatoms. The van der Waals surface area contributed by atoms with E-state index in [2.05, 4.69) is 18.8 Å². The highest BCUT2D eigenvalue weighted by Crippen LogP contribution is 2.37. The Morgan fingerprint density at radius 1 is 1.26 bits per heavy atom. The maximum absolute atomic E-state index is 13.9. The first-order valence-electron chi connectivity index (χ1n) is 12.1. The van der Waals surface area contributed by atoms with Crippen molar-refractivity contribution in [1.82, 2.24) is 4.90 Å². The molecule has 3 rings (SSSR count). The normalized spacial score (nSPS) is 23.6. The molecular weight excluding hydrogens is 452 g/mol. The van der Waals surface area contributed by atoms with Gasteiger partial charge in [-0.25, -0.2) is 4.79 Å². The molecule has 34 heavy (non-hydrogen) atoms. The summed E-state index contributed by atoms with van der Waals surface area (Å²) in [6.07, 6.45) is 3.36. The first kappa shape index (κ1) is 26.2. The molecule has 1 aliphatic carbocycles. The van der Waals surface area contributed by atoms with Crippen LogP contribution in [-0.4, -0.2) is 60.1 Å². The molecule has 0 spiro atoms. The van der Waals surface area contributed by atoms with E-state index in [1.165, 1.54) is 4.90 Å². The maximum atomic E-state index is 13.9. The van der Waals surface area contributed by atoms with E-state index in [0.717, 1.165) is 37.0 Å². The second-order valence-electron chi connectivity index (χ2n) is 10.3. The number of carboxylic acid groups (broad SMARTS) is 1. The van der Waals surface area contributed by atoms with E-state index in [1.54, 1.807) is 11.0 Å². The zero-order valence-corrected chi connectivity index (χ0v) is 21.7. The number of carboxylic acids is 1. The summed E-state index contributed by atoms with van der Waals surface area (Å²) in [4.78, 5) is 43.3. The van der Waals surface area contributed by atoms with Gasteiger partial charge in [0.25, 0.3) is 0 Å². The number of nitrogens with zero attached hydrogens (tertiary/aromatic N) is 2. The number of likely N-dealkylation sites (N-methyl/N-ethyl adjacent to an activating group) is 1. The van der Waals surface area contributed by atoms with Crippen molar-refractivity contribution in [2.24, 2.45) is 17.3 Å². The highest BCUT2D eigenvalue weighted by atomic mass is 32.1. The third-order valence-corrected chi connectivity index (χ3v) is 7.43. The second kappa shape index (κ2) is 10.9. The number of hydrogen-bond donors (Lipinski definition) is 1. The van der Waals surface area contributed by atoms with E-state index in [9.17, 15) is 19.5 Å². The van der Waals surface area contributed by atoms with E-state index in [1.807, 2.05) is 27.7 Å². The molecule has 2 amide bonds. The first-order valence-corrected chi connectivity index (χ1v) is 12.9. The van der Waals surface area contributed by atoms with Gasteiger partial charge in [-0.1, -0.05) is 18.8 Å². The zero-order chi connectivity index (χ0) is 25.0. The Balaban J connectivity index is 2.10. The summed E-state index contributed by atoms with van der Waals surface area (Å²) in [5, 5.41) is 10.00. The molecule has 0 unspecified atom stereocenters. The second-order valence-corrected chi connectivity index (χ2v) is 11.4. The third kappa shape index (κ3) is 6.19. The maximum Gasteiger partial charge on any atom is 0.348 e. The largest absolute Gasteiger partial charge is 0.477 e. The molecule has 0 radical (unpaired) electrons. The summed E-state index contributed by atoms with van der Waals surface area (Å²) in [5.74, 6) is 4.99. The van der Waals surface area contributed by atoms with E-state index in [-0.39, 0.29) is 40.3 Å². The Hall–Kier alpha value is -2.37. The molecule has 1 aromatic heterocycles. The fraction of sp³-hybridized carbons (Fsp3) is 0.654. The Morgan fingerprint density at radius 3 is 2.53 bits per heavy atom. The summed E-state index contributed by atoms with van der Waals surface area (Å²) >= 11 is 1.05. The van der Waals surface area contributed by atoms with Crippen LogP contribution in [0.3, 0.4) is 0 Å². The van der Waals surface area contributed by atoms with Gasteiger partial charge in [-0.15, -0.1) is 11.3 Å². The molecular formula is C26H36N2O5S. The van der Waals surface area contributed by atoms with Gasteiger partial charge in [-0.05, 0) is 65.4 Å². The topological polar surface area (TPSA) is 87.2 Å². The lowest BCUT2D eigenvalue weighted by molar-refractivity contribution is -0.134. The lowest BCUT2D eigenvalue weighted by atomic mass is 9.82. The first-order chi connectivity index (χ1) is 16.0. The third-order valence-electron chi connectivity index (χ3n) is 6.40. The zero-order valence-electron chi connectivity index (χ0n) is 20.8. The van der Waals surface area contributed by atoms with Crippen molar-refractivity contribution in [3.8, 4) is 11.8 Å². The van der Waals surface area contributed by atoms with Crippen molar-refractivity contribution in [2.45, 2.75) is 66.3 Å². The van der Waals surface area contributed by atoms with Crippen LogP contribution in [0, 0.1) is 29.1 Å². The monoisotopic (exact) mass is 488 g/mol. The van der Waals surface area contributed by atoms with E-state index < -0.39 is 12.0 Å². The number of hydrogen-bond acceptors (Lipinski definition) is 5. The van der Waals surface area contributed by atoms with Crippen LogP contribution in [0.2, 0.25) is 0 Å². The van der Waals surface area contributed by atoms with Crippen molar-refractivity contribution < 1.29 is 24.2 Å². The van der Waals surface area contributed by atoms with E-state index in [0.29, 0.717) is 30.5 Å². The standard InChI is InChI=1S/C26H36N2O5S/c1-6-27-13-14-33-16-21(24(27)30)28(23(29)18-9-7-17(2)8-10-18)20-15-19(11-12-26(3,4)5)34-22(20)25(31)32/h15,17-18,21H,6-10,13-14,16H2,1-5H3,(H,31,32)/t17?,18?,21-/m1/s1. The summed E-state index contributed by atoms with van der Waals surface area (Å²) < 4.78 is 5.74. The molecule has 1 atom stereocenters. The number of aromatic carboxylic acids is 1. The minimum Gasteiger partial charge on any atom is -0.477 e. The molecule has 1 N–H and O–H groups in total. The average molecular weight is 489 g/mol. The Morgan fingerprint density at radius 2 is 1.94 bits per heavy atom. The van der Waals surface area contributed by atoms with Gasteiger partial charge in [-0.3, -0.25) is 14.5 Å². The van der Waals surface area contributed by atoms with Gasteiger partial charge in [0, 0.05) is 24.4 Å². The fourth-order valence-electron chi connectivity index (χ4n) is 4.43. The predicted octanol–water partition coefficient (Wildman–Crippen LogP) is 4.25. The SMILES string of the molecule is CCN1CCOC[C@@H](N(C(=O)C2CCC(C)CC2)c2cc(C#CC(C)(C)C)sc2C(=O)O)C1=O. The molecule has 2 heterocycles. The van der Waals surface area contributed by atoms with Crippen LogP contribution in [0.4, 0.5) is 5.69 Å². The number of amides is 2. The minimum atomic E-state index is -1.13. The molecule has 1 aromatic rings. The molecule has 0 aromatic carbocycles. The quantitative estimate of drug-likeness (QED) is 0.626. The van der Waals surface area contributed by atoms with Gasteiger partial charge >= 0.3 is 5.97 Å². The molecule has 2 aliphatic rings.